The molecule has 0 bridgehead atoms. The van der Waals surface area contributed by atoms with Gasteiger partial charge in [0.2, 0.25) is 0 Å². The normalized spacial score (nSPS) is 22.1. The van der Waals surface area contributed by atoms with Crippen molar-refractivity contribution in [3.63, 3.8) is 0 Å². The second-order valence-electron chi connectivity index (χ2n) is 8.42. The third-order valence-electron chi connectivity index (χ3n) is 6.00. The number of aromatic amines is 1. The Hall–Kier alpha value is -3.26. The van der Waals surface area contributed by atoms with Crippen LogP contribution in [0.5, 0.6) is 5.75 Å². The van der Waals surface area contributed by atoms with Crippen molar-refractivity contribution in [2.75, 3.05) is 6.54 Å². The van der Waals surface area contributed by atoms with Gasteiger partial charge in [0.1, 0.15) is 17.5 Å². The van der Waals surface area contributed by atoms with Crippen molar-refractivity contribution in [2.24, 2.45) is 0 Å². The summed E-state index contributed by atoms with van der Waals surface area (Å²) >= 11 is 0. The SMILES string of the molecule is [2H]C([2H])(c1cnc2cc(CC)c(=O)[nH]c2c1)N1C[C@H](Oc2ccc(C(=O)NC3CC3)nc2)[C@H]1C. The monoisotopic (exact) mass is 435 g/mol. The molecular weight excluding hydrogens is 406 g/mol. The van der Waals surface area contributed by atoms with Gasteiger partial charge in [0, 0.05) is 39.6 Å². The number of nitrogens with zero attached hydrogens (tertiary/aromatic N) is 3. The number of nitrogens with one attached hydrogen (secondary N) is 2. The zero-order valence-corrected chi connectivity index (χ0v) is 18.1. The van der Waals surface area contributed by atoms with E-state index in [-0.39, 0.29) is 29.7 Å². The fraction of sp³-hybridized carbons (Fsp3) is 0.417. The number of aryl methyl sites for hydroxylation is 1. The highest BCUT2D eigenvalue weighted by Crippen LogP contribution is 2.26. The number of ether oxygens (including phenoxy) is 1. The summed E-state index contributed by atoms with van der Waals surface area (Å²) in [7, 11) is 0. The molecule has 2 atom stereocenters. The van der Waals surface area contributed by atoms with Gasteiger partial charge in [-0.1, -0.05) is 6.92 Å². The number of amides is 1. The standard InChI is InChI=1S/C24H27N5O3/c1-3-16-9-20-21(28-23(16)30)8-15(10-25-20)12-29-13-22(14(29)2)32-18-6-7-19(26-11-18)24(31)27-17-4-5-17/h6-11,14,17,22H,3-5,12-13H2,1-2H3,(H,27,31)(H,28,30)/t14-,22+/m1/s1/i12D2. The number of carbonyl (C=O) groups excluding carboxylic acids is 1. The molecule has 1 saturated carbocycles. The second-order valence-corrected chi connectivity index (χ2v) is 8.42. The first kappa shape index (κ1) is 18.3. The van der Waals surface area contributed by atoms with Crippen LogP contribution in [0.4, 0.5) is 0 Å². The van der Waals surface area contributed by atoms with E-state index in [1.165, 1.54) is 12.4 Å². The molecule has 166 valence electrons. The van der Waals surface area contributed by atoms with Gasteiger partial charge in [0.15, 0.2) is 0 Å². The largest absolute Gasteiger partial charge is 0.486 e. The molecule has 2 aliphatic rings. The lowest BCUT2D eigenvalue weighted by Gasteiger charge is -2.45. The van der Waals surface area contributed by atoms with E-state index in [4.69, 9.17) is 7.48 Å². The zero-order valence-electron chi connectivity index (χ0n) is 20.1. The Bertz CT molecular complexity index is 1290. The molecule has 3 aromatic rings. The van der Waals surface area contributed by atoms with Crippen molar-refractivity contribution in [1.82, 2.24) is 25.2 Å². The van der Waals surface area contributed by atoms with Crippen LogP contribution in [0.25, 0.3) is 11.0 Å². The Labute approximate surface area is 188 Å². The maximum Gasteiger partial charge on any atom is 0.270 e. The Morgan fingerprint density at radius 2 is 2.16 bits per heavy atom. The summed E-state index contributed by atoms with van der Waals surface area (Å²) in [6.07, 6.45) is 5.47. The number of hydrogen-bond donors (Lipinski definition) is 2. The number of aromatic nitrogens is 3. The van der Waals surface area contributed by atoms with E-state index in [0.717, 1.165) is 12.8 Å². The highest BCUT2D eigenvalue weighted by molar-refractivity contribution is 5.92. The van der Waals surface area contributed by atoms with E-state index >= 15 is 0 Å². The molecule has 8 heteroatoms. The van der Waals surface area contributed by atoms with Crippen molar-refractivity contribution in [3.05, 3.63) is 63.8 Å². The number of fused-ring (bicyclic) bond motifs is 1. The lowest BCUT2D eigenvalue weighted by atomic mass is 10.00. The Balaban J connectivity index is 1.25. The number of hydrogen-bond acceptors (Lipinski definition) is 6. The van der Waals surface area contributed by atoms with Crippen molar-refractivity contribution in [1.29, 1.82) is 0 Å². The smallest absolute Gasteiger partial charge is 0.270 e. The van der Waals surface area contributed by atoms with Crippen molar-refractivity contribution in [3.8, 4) is 5.75 Å². The average molecular weight is 436 g/mol. The first-order chi connectivity index (χ1) is 16.3. The van der Waals surface area contributed by atoms with Gasteiger partial charge in [0.25, 0.3) is 11.5 Å². The predicted octanol–water partition coefficient (Wildman–Crippen LogP) is 2.42. The minimum atomic E-state index is -1.79. The molecule has 1 saturated heterocycles. The Morgan fingerprint density at radius 3 is 2.84 bits per heavy atom. The summed E-state index contributed by atoms with van der Waals surface area (Å²) in [4.78, 5) is 37.3. The highest BCUT2D eigenvalue weighted by Gasteiger charge is 2.37. The van der Waals surface area contributed by atoms with Gasteiger partial charge in [-0.3, -0.25) is 19.5 Å². The van der Waals surface area contributed by atoms with Gasteiger partial charge in [0.05, 0.1) is 17.2 Å². The van der Waals surface area contributed by atoms with E-state index < -0.39 is 6.50 Å². The Morgan fingerprint density at radius 1 is 1.31 bits per heavy atom. The molecule has 0 radical (unpaired) electrons. The molecule has 0 aromatic carbocycles. The quantitative estimate of drug-likeness (QED) is 0.591. The van der Waals surface area contributed by atoms with E-state index in [2.05, 4.69) is 20.3 Å². The van der Waals surface area contributed by atoms with Crippen LogP contribution >= 0.6 is 0 Å². The van der Waals surface area contributed by atoms with Gasteiger partial charge >= 0.3 is 0 Å². The number of carbonyl (C=O) groups is 1. The molecule has 4 heterocycles. The molecule has 3 aromatic heterocycles. The van der Waals surface area contributed by atoms with Gasteiger partial charge in [-0.2, -0.15) is 0 Å². The summed E-state index contributed by atoms with van der Waals surface area (Å²) in [6, 6.07) is 6.82. The van der Waals surface area contributed by atoms with E-state index in [1.807, 2.05) is 13.8 Å². The van der Waals surface area contributed by atoms with Crippen molar-refractivity contribution < 1.29 is 12.3 Å². The van der Waals surface area contributed by atoms with Crippen LogP contribution in [-0.4, -0.2) is 50.5 Å². The average Bonchev–Trinajstić information content (AvgIpc) is 3.64. The number of H-pyrrole nitrogens is 1. The maximum absolute atomic E-state index is 12.2. The van der Waals surface area contributed by atoms with Crippen LogP contribution < -0.4 is 15.6 Å². The van der Waals surface area contributed by atoms with E-state index in [9.17, 15) is 9.59 Å². The molecule has 0 spiro atoms. The van der Waals surface area contributed by atoms with Crippen LogP contribution in [0, 0.1) is 0 Å². The molecular formula is C24H27N5O3. The summed E-state index contributed by atoms with van der Waals surface area (Å²) in [6.45, 7) is 2.40. The first-order valence-corrected chi connectivity index (χ1v) is 11.0. The molecule has 8 nitrogen and oxygen atoms in total. The van der Waals surface area contributed by atoms with Crippen LogP contribution in [0.15, 0.2) is 41.5 Å². The van der Waals surface area contributed by atoms with Crippen LogP contribution in [0.3, 0.4) is 0 Å². The second kappa shape index (κ2) is 8.35. The van der Waals surface area contributed by atoms with Gasteiger partial charge < -0.3 is 15.0 Å². The van der Waals surface area contributed by atoms with Crippen molar-refractivity contribution >= 4 is 16.9 Å². The number of pyridine rings is 3. The number of rotatable bonds is 7. The summed E-state index contributed by atoms with van der Waals surface area (Å²) in [5.74, 6) is 0.360. The summed E-state index contributed by atoms with van der Waals surface area (Å²) in [5, 5.41) is 2.90. The fourth-order valence-electron chi connectivity index (χ4n) is 3.72. The van der Waals surface area contributed by atoms with Gasteiger partial charge in [-0.25, -0.2) is 4.98 Å². The Kier molecular flexibility index (Phi) is 4.78. The fourth-order valence-corrected chi connectivity index (χ4v) is 3.72. The maximum atomic E-state index is 12.2. The molecule has 32 heavy (non-hydrogen) atoms. The minimum Gasteiger partial charge on any atom is -0.486 e. The van der Waals surface area contributed by atoms with E-state index in [0.29, 0.717) is 46.6 Å². The van der Waals surface area contributed by atoms with Crippen molar-refractivity contribution in [2.45, 2.75) is 57.8 Å². The van der Waals surface area contributed by atoms with Crippen LogP contribution in [0.1, 0.15) is 51.0 Å². The molecule has 2 fully saturated rings. The lowest BCUT2D eigenvalue weighted by molar-refractivity contribution is -0.0415. The summed E-state index contributed by atoms with van der Waals surface area (Å²) in [5.41, 5.74) is 2.35. The third kappa shape index (κ3) is 4.23. The third-order valence-corrected chi connectivity index (χ3v) is 6.00. The molecule has 1 amide bonds. The topological polar surface area (TPSA) is 100 Å². The summed E-state index contributed by atoms with van der Waals surface area (Å²) < 4.78 is 23.4. The number of likely N-dealkylation sites (tertiary alicyclic amines) is 1. The van der Waals surface area contributed by atoms with Crippen LogP contribution in [0.2, 0.25) is 0 Å². The zero-order chi connectivity index (χ0) is 24.0. The van der Waals surface area contributed by atoms with Gasteiger partial charge in [-0.15, -0.1) is 0 Å². The molecule has 1 aliphatic carbocycles. The van der Waals surface area contributed by atoms with Crippen LogP contribution in [-0.2, 0) is 12.9 Å². The molecule has 1 aliphatic heterocycles. The molecule has 2 N–H and O–H groups in total. The molecule has 0 unspecified atom stereocenters. The molecule has 5 rings (SSSR count). The lowest BCUT2D eigenvalue weighted by Crippen LogP contribution is -2.60. The first-order valence-electron chi connectivity index (χ1n) is 12.0. The highest BCUT2D eigenvalue weighted by atomic mass is 16.5. The van der Waals surface area contributed by atoms with E-state index in [1.54, 1.807) is 29.2 Å². The minimum absolute atomic E-state index is 0.176. The van der Waals surface area contributed by atoms with Gasteiger partial charge in [-0.05, 0) is 56.0 Å². The predicted molar refractivity (Wildman–Crippen MR) is 121 cm³/mol.